The topological polar surface area (TPSA) is 34.9 Å². The minimum atomic E-state index is -0.359. The molecule has 3 nitrogen and oxygen atoms in total. The monoisotopic (exact) mass is 270 g/mol. The van der Waals surface area contributed by atoms with Crippen molar-refractivity contribution in [2.75, 3.05) is 0 Å². The van der Waals surface area contributed by atoms with Crippen LogP contribution < -0.4 is 5.56 Å². The molecule has 2 rings (SSSR count). The molecule has 1 aromatic rings. The zero-order chi connectivity index (χ0) is 12.4. The van der Waals surface area contributed by atoms with Gasteiger partial charge in [-0.25, -0.2) is 0 Å². The van der Waals surface area contributed by atoms with Gasteiger partial charge in [-0.05, 0) is 25.3 Å². The predicted molar refractivity (Wildman–Crippen MR) is 70.4 cm³/mol. The van der Waals surface area contributed by atoms with E-state index in [2.05, 4.69) is 18.1 Å². The molecule has 90 valence electrons. The molecule has 1 aliphatic rings. The van der Waals surface area contributed by atoms with Crippen LogP contribution in [0.3, 0.4) is 0 Å². The molecule has 0 spiro atoms. The van der Waals surface area contributed by atoms with Crippen LogP contribution in [0.1, 0.15) is 26.2 Å². The molecular weight excluding hydrogens is 259 g/mol. The Bertz CT molecular complexity index is 558. The molecular formula is C12H12Cl2N2O. The molecule has 5 heteroatoms. The second-order valence-electron chi connectivity index (χ2n) is 3.83. The lowest BCUT2D eigenvalue weighted by molar-refractivity contribution is 0.777. The van der Waals surface area contributed by atoms with Crippen molar-refractivity contribution in [1.29, 1.82) is 0 Å². The van der Waals surface area contributed by atoms with Gasteiger partial charge in [0.15, 0.2) is 0 Å². The van der Waals surface area contributed by atoms with E-state index in [9.17, 15) is 4.79 Å². The molecule has 0 unspecified atom stereocenters. The first-order chi connectivity index (χ1) is 8.13. The summed E-state index contributed by atoms with van der Waals surface area (Å²) in [7, 11) is 0. The highest BCUT2D eigenvalue weighted by molar-refractivity contribution is 6.41. The molecule has 0 saturated heterocycles. The Morgan fingerprint density at radius 2 is 2.24 bits per heavy atom. The summed E-state index contributed by atoms with van der Waals surface area (Å²) in [4.78, 5) is 11.9. The number of halogens is 2. The van der Waals surface area contributed by atoms with Crippen LogP contribution in [0.2, 0.25) is 10.0 Å². The Kier molecular flexibility index (Phi) is 3.69. The van der Waals surface area contributed by atoms with Crippen LogP contribution >= 0.6 is 23.2 Å². The van der Waals surface area contributed by atoms with Crippen LogP contribution in [0.25, 0.3) is 5.70 Å². The van der Waals surface area contributed by atoms with Gasteiger partial charge in [0.2, 0.25) is 0 Å². The van der Waals surface area contributed by atoms with Crippen LogP contribution in [0.5, 0.6) is 0 Å². The first-order valence-electron chi connectivity index (χ1n) is 5.46. The van der Waals surface area contributed by atoms with Gasteiger partial charge in [0.25, 0.3) is 5.56 Å². The maximum atomic E-state index is 11.9. The van der Waals surface area contributed by atoms with Gasteiger partial charge in [0.1, 0.15) is 5.02 Å². The van der Waals surface area contributed by atoms with E-state index in [1.807, 2.05) is 6.08 Å². The van der Waals surface area contributed by atoms with Crippen molar-refractivity contribution >= 4 is 28.9 Å². The first kappa shape index (κ1) is 12.4. The molecule has 0 aromatic carbocycles. The minimum Gasteiger partial charge on any atom is -0.266 e. The van der Waals surface area contributed by atoms with Crippen molar-refractivity contribution in [2.45, 2.75) is 26.2 Å². The van der Waals surface area contributed by atoms with Crippen molar-refractivity contribution in [1.82, 2.24) is 9.78 Å². The Morgan fingerprint density at radius 1 is 1.47 bits per heavy atom. The third-order valence-corrected chi connectivity index (χ3v) is 3.46. The molecule has 0 bridgehead atoms. The normalized spacial score (nSPS) is 15.5. The van der Waals surface area contributed by atoms with Crippen molar-refractivity contribution in [3.05, 3.63) is 44.3 Å². The van der Waals surface area contributed by atoms with Crippen molar-refractivity contribution < 1.29 is 0 Å². The lowest BCUT2D eigenvalue weighted by atomic mass is 10.0. The van der Waals surface area contributed by atoms with Gasteiger partial charge in [-0.3, -0.25) is 4.79 Å². The maximum Gasteiger partial charge on any atom is 0.291 e. The fourth-order valence-electron chi connectivity index (χ4n) is 1.78. The molecule has 0 amide bonds. The highest BCUT2D eigenvalue weighted by Gasteiger charge is 2.13. The number of allylic oxidation sites excluding steroid dienone is 4. The number of hydrogen-bond acceptors (Lipinski definition) is 2. The maximum absolute atomic E-state index is 11.9. The zero-order valence-corrected chi connectivity index (χ0v) is 10.9. The molecule has 0 radical (unpaired) electrons. The van der Waals surface area contributed by atoms with Gasteiger partial charge in [-0.15, -0.1) is 0 Å². The summed E-state index contributed by atoms with van der Waals surface area (Å²) in [5.74, 6) is 0. The number of rotatable bonds is 2. The molecule has 0 fully saturated rings. The molecule has 1 aromatic heterocycles. The van der Waals surface area contributed by atoms with E-state index >= 15 is 0 Å². The summed E-state index contributed by atoms with van der Waals surface area (Å²) in [5, 5.41) is 4.24. The number of aromatic nitrogens is 2. The summed E-state index contributed by atoms with van der Waals surface area (Å²) in [5.41, 5.74) is 1.72. The molecule has 0 aliphatic heterocycles. The third-order valence-electron chi connectivity index (χ3n) is 2.72. The fraction of sp³-hybridized carbons (Fsp3) is 0.333. The second-order valence-corrected chi connectivity index (χ2v) is 4.62. The van der Waals surface area contributed by atoms with Gasteiger partial charge < -0.3 is 0 Å². The number of hydrogen-bond donors (Lipinski definition) is 0. The van der Waals surface area contributed by atoms with Crippen molar-refractivity contribution in [3.8, 4) is 0 Å². The fourth-order valence-corrected chi connectivity index (χ4v) is 2.03. The first-order valence-corrected chi connectivity index (χ1v) is 6.22. The third kappa shape index (κ3) is 2.45. The largest absolute Gasteiger partial charge is 0.291 e. The quantitative estimate of drug-likeness (QED) is 0.824. The summed E-state index contributed by atoms with van der Waals surface area (Å²) in [6.07, 6.45) is 8.21. The second kappa shape index (κ2) is 5.07. The lowest BCUT2D eigenvalue weighted by Crippen LogP contribution is -2.23. The Labute approximate surface area is 109 Å². The van der Waals surface area contributed by atoms with Gasteiger partial charge in [0.05, 0.1) is 11.2 Å². The lowest BCUT2D eigenvalue weighted by Gasteiger charge is -2.14. The van der Waals surface area contributed by atoms with E-state index in [0.717, 1.165) is 25.0 Å². The predicted octanol–water partition coefficient (Wildman–Crippen LogP) is 3.52. The Hall–Kier alpha value is -1.06. The molecule has 1 heterocycles. The summed E-state index contributed by atoms with van der Waals surface area (Å²) in [6, 6.07) is 0. The zero-order valence-electron chi connectivity index (χ0n) is 9.41. The molecule has 0 atom stereocenters. The standard InChI is InChI=1S/C12H12Cl2N2O/c1-2-8-4-3-5-9(6-8)16-12(17)11(14)10(13)7-15-16/h4,6-7H,2-3,5H2,1H3. The van der Waals surface area contributed by atoms with E-state index in [-0.39, 0.29) is 15.6 Å². The highest BCUT2D eigenvalue weighted by atomic mass is 35.5. The van der Waals surface area contributed by atoms with Gasteiger partial charge >= 0.3 is 0 Å². The Balaban J connectivity index is 2.49. The minimum absolute atomic E-state index is 0.0233. The summed E-state index contributed by atoms with van der Waals surface area (Å²) in [6.45, 7) is 2.08. The van der Waals surface area contributed by atoms with Crippen LogP contribution in [-0.2, 0) is 0 Å². The average molecular weight is 271 g/mol. The van der Waals surface area contributed by atoms with E-state index in [1.54, 1.807) is 0 Å². The van der Waals surface area contributed by atoms with E-state index < -0.39 is 0 Å². The number of nitrogens with zero attached hydrogens (tertiary/aromatic N) is 2. The average Bonchev–Trinajstić information content (AvgIpc) is 2.36. The summed E-state index contributed by atoms with van der Waals surface area (Å²) >= 11 is 11.6. The van der Waals surface area contributed by atoms with E-state index in [0.29, 0.717) is 0 Å². The van der Waals surface area contributed by atoms with Gasteiger partial charge in [-0.2, -0.15) is 9.78 Å². The van der Waals surface area contributed by atoms with Crippen LogP contribution in [0.4, 0.5) is 0 Å². The van der Waals surface area contributed by atoms with Gasteiger partial charge in [-0.1, -0.05) is 41.8 Å². The van der Waals surface area contributed by atoms with Crippen LogP contribution in [-0.4, -0.2) is 9.78 Å². The molecule has 0 N–H and O–H groups in total. The molecule has 1 aliphatic carbocycles. The van der Waals surface area contributed by atoms with E-state index in [1.165, 1.54) is 16.5 Å². The molecule has 17 heavy (non-hydrogen) atoms. The molecule has 0 saturated carbocycles. The Morgan fingerprint density at radius 3 is 2.94 bits per heavy atom. The SMILES string of the molecule is CCC1=CCCC(n2ncc(Cl)c(Cl)c2=O)=C1. The van der Waals surface area contributed by atoms with Crippen molar-refractivity contribution in [2.24, 2.45) is 0 Å². The smallest absolute Gasteiger partial charge is 0.266 e. The van der Waals surface area contributed by atoms with Crippen LogP contribution in [0, 0.1) is 0 Å². The van der Waals surface area contributed by atoms with Crippen LogP contribution in [0.15, 0.2) is 28.7 Å². The summed E-state index contributed by atoms with van der Waals surface area (Å²) < 4.78 is 1.33. The van der Waals surface area contributed by atoms with E-state index in [4.69, 9.17) is 23.2 Å². The van der Waals surface area contributed by atoms with Gasteiger partial charge in [0, 0.05) is 5.70 Å². The van der Waals surface area contributed by atoms with Crippen molar-refractivity contribution in [3.63, 3.8) is 0 Å². The highest BCUT2D eigenvalue weighted by Crippen LogP contribution is 2.23.